The largest absolute Gasteiger partial charge is 0.465 e. The third-order valence-electron chi connectivity index (χ3n) is 5.80. The molecule has 31 heavy (non-hydrogen) atoms. The Morgan fingerprint density at radius 3 is 2.16 bits per heavy atom. The third kappa shape index (κ3) is 13.2. The van der Waals surface area contributed by atoms with Gasteiger partial charge in [-0.05, 0) is 36.8 Å². The molecule has 0 aromatic heterocycles. The number of esters is 2. The summed E-state index contributed by atoms with van der Waals surface area (Å²) in [4.78, 5) is 24.3. The zero-order valence-electron chi connectivity index (χ0n) is 20.1. The van der Waals surface area contributed by atoms with E-state index in [2.05, 4.69) is 20.8 Å². The molecule has 1 unspecified atom stereocenters. The second-order valence-electron chi connectivity index (χ2n) is 8.55. The third-order valence-corrected chi connectivity index (χ3v) is 5.80. The van der Waals surface area contributed by atoms with Crippen LogP contribution in [0, 0.1) is 5.92 Å². The average Bonchev–Trinajstić information content (AvgIpc) is 2.78. The van der Waals surface area contributed by atoms with Gasteiger partial charge < -0.3 is 9.47 Å². The molecule has 4 nitrogen and oxygen atoms in total. The van der Waals surface area contributed by atoms with Crippen LogP contribution in [0.4, 0.5) is 0 Å². The highest BCUT2D eigenvalue weighted by molar-refractivity contribution is 5.79. The molecular formula is C27H44O4. The van der Waals surface area contributed by atoms with Crippen molar-refractivity contribution in [2.45, 2.75) is 111 Å². The van der Waals surface area contributed by atoms with Crippen molar-refractivity contribution in [2.24, 2.45) is 5.92 Å². The summed E-state index contributed by atoms with van der Waals surface area (Å²) in [6.45, 7) is 6.97. The summed E-state index contributed by atoms with van der Waals surface area (Å²) in [5, 5.41) is 0. The monoisotopic (exact) mass is 432 g/mol. The van der Waals surface area contributed by atoms with Crippen LogP contribution >= 0.6 is 0 Å². The van der Waals surface area contributed by atoms with E-state index in [1.807, 2.05) is 24.3 Å². The minimum absolute atomic E-state index is 0.0519. The Bertz CT molecular complexity index is 611. The van der Waals surface area contributed by atoms with Crippen molar-refractivity contribution >= 4 is 11.9 Å². The van der Waals surface area contributed by atoms with E-state index < -0.39 is 0 Å². The smallest absolute Gasteiger partial charge is 0.311 e. The van der Waals surface area contributed by atoms with Crippen LogP contribution in [0.25, 0.3) is 0 Å². The number of carbonyl (C=O) groups is 2. The van der Waals surface area contributed by atoms with Gasteiger partial charge in [-0.25, -0.2) is 0 Å². The van der Waals surface area contributed by atoms with Crippen LogP contribution in [-0.4, -0.2) is 18.5 Å². The Labute approximate surface area is 190 Å². The van der Waals surface area contributed by atoms with Crippen LogP contribution in [0.2, 0.25) is 0 Å². The van der Waals surface area contributed by atoms with E-state index in [1.54, 1.807) is 0 Å². The Balaban J connectivity index is 2.32. The van der Waals surface area contributed by atoms with Crippen molar-refractivity contribution in [3.8, 4) is 5.75 Å². The predicted octanol–water partition coefficient (Wildman–Crippen LogP) is 7.42. The first-order valence-corrected chi connectivity index (χ1v) is 12.5. The molecule has 0 amide bonds. The fourth-order valence-corrected chi connectivity index (χ4v) is 3.64. The number of carbonyl (C=O) groups excluding carboxylic acids is 2. The highest BCUT2D eigenvalue weighted by Crippen LogP contribution is 2.22. The van der Waals surface area contributed by atoms with Gasteiger partial charge in [0, 0.05) is 0 Å². The molecule has 0 aliphatic heterocycles. The maximum Gasteiger partial charge on any atom is 0.311 e. The summed E-state index contributed by atoms with van der Waals surface area (Å²) in [5.74, 6) is 0.345. The number of hydrogen-bond donors (Lipinski definition) is 0. The predicted molar refractivity (Wildman–Crippen MR) is 127 cm³/mol. The van der Waals surface area contributed by atoms with Crippen molar-refractivity contribution in [1.82, 2.24) is 0 Å². The minimum atomic E-state index is -0.373. The number of hydrogen-bond acceptors (Lipinski definition) is 4. The van der Waals surface area contributed by atoms with Crippen molar-refractivity contribution in [3.05, 3.63) is 29.8 Å². The SMILES string of the molecule is CCCCCCCCCc1ccccc1OC(=O)CCC(=O)OCC(CC)CCCC. The van der Waals surface area contributed by atoms with Gasteiger partial charge in [-0.2, -0.15) is 0 Å². The molecule has 0 spiro atoms. The number of unbranched alkanes of at least 4 members (excludes halogenated alkanes) is 7. The molecule has 0 aliphatic rings. The molecule has 1 atom stereocenters. The van der Waals surface area contributed by atoms with E-state index in [0.717, 1.165) is 44.1 Å². The number of aryl methyl sites for hydroxylation is 1. The topological polar surface area (TPSA) is 52.6 Å². The maximum absolute atomic E-state index is 12.3. The van der Waals surface area contributed by atoms with E-state index in [-0.39, 0.29) is 24.8 Å². The van der Waals surface area contributed by atoms with Gasteiger partial charge >= 0.3 is 11.9 Å². The highest BCUT2D eigenvalue weighted by Gasteiger charge is 2.14. The van der Waals surface area contributed by atoms with E-state index >= 15 is 0 Å². The first-order valence-electron chi connectivity index (χ1n) is 12.5. The van der Waals surface area contributed by atoms with Crippen molar-refractivity contribution < 1.29 is 19.1 Å². The first kappa shape index (κ1) is 27.2. The highest BCUT2D eigenvalue weighted by atomic mass is 16.5. The molecule has 0 radical (unpaired) electrons. The van der Waals surface area contributed by atoms with Crippen molar-refractivity contribution in [2.75, 3.05) is 6.61 Å². The van der Waals surface area contributed by atoms with Gasteiger partial charge in [0.05, 0.1) is 19.4 Å². The molecule has 176 valence electrons. The zero-order chi connectivity index (χ0) is 22.7. The van der Waals surface area contributed by atoms with Crippen molar-refractivity contribution in [1.29, 1.82) is 0 Å². The van der Waals surface area contributed by atoms with E-state index in [1.165, 1.54) is 38.5 Å². The van der Waals surface area contributed by atoms with Crippen LogP contribution in [-0.2, 0) is 20.7 Å². The summed E-state index contributed by atoms with van der Waals surface area (Å²) >= 11 is 0. The summed E-state index contributed by atoms with van der Waals surface area (Å²) < 4.78 is 10.9. The molecular weight excluding hydrogens is 388 g/mol. The number of para-hydroxylation sites is 1. The summed E-state index contributed by atoms with van der Waals surface area (Å²) in [6.07, 6.45) is 14.2. The van der Waals surface area contributed by atoms with Gasteiger partial charge in [0.2, 0.25) is 0 Å². The van der Waals surface area contributed by atoms with Crippen LogP contribution in [0.15, 0.2) is 24.3 Å². The quantitative estimate of drug-likeness (QED) is 0.137. The van der Waals surface area contributed by atoms with Crippen molar-refractivity contribution in [3.63, 3.8) is 0 Å². The van der Waals surface area contributed by atoms with Gasteiger partial charge in [0.25, 0.3) is 0 Å². The van der Waals surface area contributed by atoms with Gasteiger partial charge in [-0.15, -0.1) is 0 Å². The molecule has 1 rings (SSSR count). The molecule has 0 N–H and O–H groups in total. The molecule has 0 bridgehead atoms. The Morgan fingerprint density at radius 1 is 0.806 bits per heavy atom. The Kier molecular flexibility index (Phi) is 15.6. The fraction of sp³-hybridized carbons (Fsp3) is 0.704. The van der Waals surface area contributed by atoms with Gasteiger partial charge in [-0.3, -0.25) is 9.59 Å². The molecule has 0 saturated heterocycles. The van der Waals surface area contributed by atoms with Gasteiger partial charge in [0.1, 0.15) is 5.75 Å². The first-order chi connectivity index (χ1) is 15.1. The lowest BCUT2D eigenvalue weighted by molar-refractivity contribution is -0.148. The number of benzene rings is 1. The second kappa shape index (κ2) is 17.8. The lowest BCUT2D eigenvalue weighted by Gasteiger charge is -2.14. The van der Waals surface area contributed by atoms with Gasteiger partial charge in [0.15, 0.2) is 0 Å². The number of rotatable bonds is 18. The van der Waals surface area contributed by atoms with Crippen LogP contribution < -0.4 is 4.74 Å². The Morgan fingerprint density at radius 2 is 1.45 bits per heavy atom. The Hall–Kier alpha value is -1.84. The standard InChI is InChI=1S/C27H44O4/c1-4-7-9-10-11-12-13-17-24-18-14-15-19-25(24)31-27(29)21-20-26(28)30-22-23(6-3)16-8-5-2/h14-15,18-19,23H,4-13,16-17,20-22H2,1-3H3. The molecule has 0 aliphatic carbocycles. The van der Waals surface area contributed by atoms with E-state index in [9.17, 15) is 9.59 Å². The maximum atomic E-state index is 12.3. The molecule has 4 heteroatoms. The summed E-state index contributed by atoms with van der Waals surface area (Å²) in [5.41, 5.74) is 1.06. The molecule has 1 aromatic carbocycles. The average molecular weight is 433 g/mol. The lowest BCUT2D eigenvalue weighted by Crippen LogP contribution is -2.16. The van der Waals surface area contributed by atoms with Crippen LogP contribution in [0.5, 0.6) is 5.75 Å². The second-order valence-corrected chi connectivity index (χ2v) is 8.55. The molecule has 0 saturated carbocycles. The molecule has 0 heterocycles. The fourth-order valence-electron chi connectivity index (χ4n) is 3.64. The molecule has 1 aromatic rings. The normalized spacial score (nSPS) is 11.8. The van der Waals surface area contributed by atoms with E-state index in [4.69, 9.17) is 9.47 Å². The van der Waals surface area contributed by atoms with Crippen LogP contribution in [0.1, 0.15) is 110 Å². The van der Waals surface area contributed by atoms with E-state index in [0.29, 0.717) is 18.3 Å². The lowest BCUT2D eigenvalue weighted by atomic mass is 10.0. The summed E-state index contributed by atoms with van der Waals surface area (Å²) in [6, 6.07) is 7.72. The minimum Gasteiger partial charge on any atom is -0.465 e. The molecule has 0 fully saturated rings. The number of ether oxygens (including phenoxy) is 2. The summed E-state index contributed by atoms with van der Waals surface area (Å²) in [7, 11) is 0. The van der Waals surface area contributed by atoms with Crippen LogP contribution in [0.3, 0.4) is 0 Å². The zero-order valence-corrected chi connectivity index (χ0v) is 20.1. The van der Waals surface area contributed by atoms with Gasteiger partial charge in [-0.1, -0.05) is 96.8 Å².